The molecule has 0 aromatic carbocycles. The zero-order valence-corrected chi connectivity index (χ0v) is 14.0. The average Bonchev–Trinajstić information content (AvgIpc) is 2.92. The summed E-state index contributed by atoms with van der Waals surface area (Å²) < 4.78 is 7.44. The van der Waals surface area contributed by atoms with Gasteiger partial charge < -0.3 is 9.64 Å². The molecule has 122 valence electrons. The molecule has 0 saturated heterocycles. The molecule has 2 aromatic heterocycles. The second-order valence-electron chi connectivity index (χ2n) is 6.80. The molecule has 1 aliphatic heterocycles. The van der Waals surface area contributed by atoms with Crippen LogP contribution in [0.4, 0.5) is 4.79 Å². The van der Waals surface area contributed by atoms with Gasteiger partial charge in [-0.3, -0.25) is 4.40 Å². The summed E-state index contributed by atoms with van der Waals surface area (Å²) in [6.07, 6.45) is 6.35. The molecule has 1 amide bonds. The molecular weight excluding hydrogens is 292 g/mol. The van der Waals surface area contributed by atoms with E-state index in [0.29, 0.717) is 18.9 Å². The predicted molar refractivity (Wildman–Crippen MR) is 88.1 cm³/mol. The number of imidazole rings is 1. The van der Waals surface area contributed by atoms with E-state index in [-0.39, 0.29) is 6.09 Å². The molecule has 0 atom stereocenters. The molecule has 0 unspecified atom stereocenters. The van der Waals surface area contributed by atoms with E-state index in [2.05, 4.69) is 16.0 Å². The molecule has 6 heteroatoms. The third-order valence-corrected chi connectivity index (χ3v) is 3.63. The second-order valence-corrected chi connectivity index (χ2v) is 6.80. The monoisotopic (exact) mass is 314 g/mol. The second kappa shape index (κ2) is 5.68. The third-order valence-electron chi connectivity index (χ3n) is 3.63. The van der Waals surface area contributed by atoms with Crippen molar-refractivity contribution >= 4 is 17.4 Å². The minimum Gasteiger partial charge on any atom is -0.444 e. The van der Waals surface area contributed by atoms with Crippen molar-refractivity contribution in [2.75, 3.05) is 13.1 Å². The number of aryl methyl sites for hydroxylation is 1. The normalized spacial score (nSPS) is 15.7. The van der Waals surface area contributed by atoms with Crippen molar-refractivity contribution in [2.45, 2.75) is 39.7 Å². The van der Waals surface area contributed by atoms with Crippen molar-refractivity contribution in [1.82, 2.24) is 19.3 Å². The van der Waals surface area contributed by atoms with Gasteiger partial charge in [0.2, 0.25) is 5.78 Å². The minimum atomic E-state index is -0.483. The highest BCUT2D eigenvalue weighted by molar-refractivity contribution is 5.75. The molecule has 0 aliphatic carbocycles. The van der Waals surface area contributed by atoms with Gasteiger partial charge in [0.15, 0.2) is 0 Å². The van der Waals surface area contributed by atoms with Crippen molar-refractivity contribution < 1.29 is 9.53 Å². The molecule has 23 heavy (non-hydrogen) atoms. The minimum absolute atomic E-state index is 0.268. The summed E-state index contributed by atoms with van der Waals surface area (Å²) in [7, 11) is 0. The number of nitrogens with zero attached hydrogens (tertiary/aromatic N) is 4. The van der Waals surface area contributed by atoms with Crippen LogP contribution in [-0.4, -0.2) is 44.1 Å². The van der Waals surface area contributed by atoms with Crippen LogP contribution in [-0.2, 0) is 4.74 Å². The maximum atomic E-state index is 12.3. The molecule has 0 bridgehead atoms. The van der Waals surface area contributed by atoms with Crippen molar-refractivity contribution in [3.8, 4) is 0 Å². The first-order valence-corrected chi connectivity index (χ1v) is 7.81. The first-order chi connectivity index (χ1) is 10.8. The Balaban J connectivity index is 1.87. The van der Waals surface area contributed by atoms with Gasteiger partial charge in [0.1, 0.15) is 5.60 Å². The molecule has 0 saturated carbocycles. The van der Waals surface area contributed by atoms with Gasteiger partial charge in [0.25, 0.3) is 0 Å². The van der Waals surface area contributed by atoms with Gasteiger partial charge in [-0.05, 0) is 45.8 Å². The molecule has 0 spiro atoms. The number of ether oxygens (including phenoxy) is 1. The van der Waals surface area contributed by atoms with Gasteiger partial charge in [-0.1, -0.05) is 6.08 Å². The van der Waals surface area contributed by atoms with E-state index in [1.54, 1.807) is 11.1 Å². The fourth-order valence-electron chi connectivity index (χ4n) is 2.68. The summed E-state index contributed by atoms with van der Waals surface area (Å²) in [4.78, 5) is 22.7. The lowest BCUT2D eigenvalue weighted by atomic mass is 10.1. The van der Waals surface area contributed by atoms with Crippen LogP contribution in [0, 0.1) is 6.92 Å². The number of hydrogen-bond donors (Lipinski definition) is 0. The number of carbonyl (C=O) groups is 1. The Labute approximate surface area is 135 Å². The molecule has 3 rings (SSSR count). The summed E-state index contributed by atoms with van der Waals surface area (Å²) in [5.41, 5.74) is 2.55. The highest BCUT2D eigenvalue weighted by atomic mass is 16.6. The number of carbonyl (C=O) groups excluding carboxylic acids is 1. The SMILES string of the molecule is Cc1cc(C2=CCCN(C(=O)OC(C)(C)C)C2)n2ccnc2n1. The van der Waals surface area contributed by atoms with Crippen LogP contribution in [0.2, 0.25) is 0 Å². The van der Waals surface area contributed by atoms with Gasteiger partial charge in [0, 0.05) is 24.6 Å². The van der Waals surface area contributed by atoms with Crippen molar-refractivity contribution in [2.24, 2.45) is 0 Å². The fourth-order valence-corrected chi connectivity index (χ4v) is 2.68. The Kier molecular flexibility index (Phi) is 3.83. The Morgan fingerprint density at radius 3 is 2.87 bits per heavy atom. The maximum absolute atomic E-state index is 12.3. The maximum Gasteiger partial charge on any atom is 0.410 e. The van der Waals surface area contributed by atoms with Crippen LogP contribution in [0.15, 0.2) is 24.5 Å². The zero-order valence-electron chi connectivity index (χ0n) is 14.0. The van der Waals surface area contributed by atoms with E-state index in [4.69, 9.17) is 4.74 Å². The molecular formula is C17H22N4O2. The number of rotatable bonds is 1. The van der Waals surface area contributed by atoms with Gasteiger partial charge in [-0.2, -0.15) is 0 Å². The Bertz CT molecular complexity index is 770. The first-order valence-electron chi connectivity index (χ1n) is 7.81. The fraction of sp³-hybridized carbons (Fsp3) is 0.471. The van der Waals surface area contributed by atoms with Gasteiger partial charge in [-0.15, -0.1) is 0 Å². The van der Waals surface area contributed by atoms with E-state index in [9.17, 15) is 4.79 Å². The van der Waals surface area contributed by atoms with E-state index in [0.717, 1.165) is 23.4 Å². The van der Waals surface area contributed by atoms with Crippen molar-refractivity contribution in [3.63, 3.8) is 0 Å². The average molecular weight is 314 g/mol. The Hall–Kier alpha value is -2.37. The van der Waals surface area contributed by atoms with E-state index < -0.39 is 5.60 Å². The van der Waals surface area contributed by atoms with Gasteiger partial charge >= 0.3 is 6.09 Å². The number of fused-ring (bicyclic) bond motifs is 1. The lowest BCUT2D eigenvalue weighted by Gasteiger charge is -2.30. The van der Waals surface area contributed by atoms with E-state index in [1.165, 1.54) is 0 Å². The van der Waals surface area contributed by atoms with Crippen LogP contribution in [0.3, 0.4) is 0 Å². The summed E-state index contributed by atoms with van der Waals surface area (Å²) in [5, 5.41) is 0. The molecule has 0 fully saturated rings. The smallest absolute Gasteiger partial charge is 0.410 e. The standard InChI is InChI=1S/C17H22N4O2/c1-12-10-14(21-9-7-18-15(21)19-12)13-6-5-8-20(11-13)16(22)23-17(2,3)4/h6-7,9-10H,5,8,11H2,1-4H3. The number of amides is 1. The highest BCUT2D eigenvalue weighted by Gasteiger charge is 2.25. The van der Waals surface area contributed by atoms with E-state index >= 15 is 0 Å². The van der Waals surface area contributed by atoms with Crippen LogP contribution < -0.4 is 0 Å². The Morgan fingerprint density at radius 2 is 2.13 bits per heavy atom. The summed E-state index contributed by atoms with van der Waals surface area (Å²) >= 11 is 0. The van der Waals surface area contributed by atoms with Crippen LogP contribution in [0.5, 0.6) is 0 Å². The van der Waals surface area contributed by atoms with Gasteiger partial charge in [-0.25, -0.2) is 14.8 Å². The summed E-state index contributed by atoms with van der Waals surface area (Å²) in [5.74, 6) is 0.676. The first kappa shape index (κ1) is 15.5. The third kappa shape index (κ3) is 3.36. The topological polar surface area (TPSA) is 59.7 Å². The Morgan fingerprint density at radius 1 is 1.35 bits per heavy atom. The zero-order chi connectivity index (χ0) is 16.6. The number of hydrogen-bond acceptors (Lipinski definition) is 4. The van der Waals surface area contributed by atoms with Crippen LogP contribution >= 0.6 is 0 Å². The highest BCUT2D eigenvalue weighted by Crippen LogP contribution is 2.23. The van der Waals surface area contributed by atoms with Crippen LogP contribution in [0.25, 0.3) is 11.4 Å². The van der Waals surface area contributed by atoms with Crippen LogP contribution in [0.1, 0.15) is 38.6 Å². The van der Waals surface area contributed by atoms with E-state index in [1.807, 2.05) is 44.4 Å². The summed E-state index contributed by atoms with van der Waals surface area (Å²) in [6, 6.07) is 2.03. The largest absolute Gasteiger partial charge is 0.444 e. The molecule has 1 aliphatic rings. The quantitative estimate of drug-likeness (QED) is 0.811. The molecule has 2 aromatic rings. The number of aromatic nitrogens is 3. The van der Waals surface area contributed by atoms with Gasteiger partial charge in [0.05, 0.1) is 12.2 Å². The molecule has 3 heterocycles. The lowest BCUT2D eigenvalue weighted by Crippen LogP contribution is -2.39. The predicted octanol–water partition coefficient (Wildman–Crippen LogP) is 3.06. The molecule has 6 nitrogen and oxygen atoms in total. The molecule has 0 N–H and O–H groups in total. The van der Waals surface area contributed by atoms with Crippen molar-refractivity contribution in [3.05, 3.63) is 35.9 Å². The summed E-state index contributed by atoms with van der Waals surface area (Å²) in [6.45, 7) is 8.81. The molecule has 0 radical (unpaired) electrons. The lowest BCUT2D eigenvalue weighted by molar-refractivity contribution is 0.0273. The van der Waals surface area contributed by atoms with Crippen molar-refractivity contribution in [1.29, 1.82) is 0 Å².